The van der Waals surface area contributed by atoms with E-state index >= 15 is 0 Å². The predicted octanol–water partition coefficient (Wildman–Crippen LogP) is 0.703. The molecule has 14 nitrogen and oxygen atoms in total. The van der Waals surface area contributed by atoms with Crippen molar-refractivity contribution in [1.82, 2.24) is 30.2 Å². The fourth-order valence-corrected chi connectivity index (χ4v) is 3.90. The molecule has 0 saturated heterocycles. The van der Waals surface area contributed by atoms with Gasteiger partial charge in [0.25, 0.3) is 11.8 Å². The van der Waals surface area contributed by atoms with Gasteiger partial charge in [-0.2, -0.15) is 5.10 Å². The van der Waals surface area contributed by atoms with Crippen molar-refractivity contribution in [3.8, 4) is 17.0 Å². The summed E-state index contributed by atoms with van der Waals surface area (Å²) in [6.07, 6.45) is 1.46. The van der Waals surface area contributed by atoms with Gasteiger partial charge in [-0.1, -0.05) is 0 Å². The minimum Gasteiger partial charge on any atom is -0.494 e. The van der Waals surface area contributed by atoms with Crippen LogP contribution in [0.15, 0.2) is 24.3 Å². The third kappa shape index (κ3) is 6.78. The number of benzene rings is 1. The molecular weight excluding hydrogens is 538 g/mol. The molecule has 0 spiro atoms. The minimum atomic E-state index is -3.07. The number of hydrogen-bond donors (Lipinski definition) is 5. The molecule has 5 N–H and O–H groups in total. The first-order chi connectivity index (χ1) is 19.3. The van der Waals surface area contributed by atoms with Crippen LogP contribution in [0.4, 0.5) is 21.6 Å². The van der Waals surface area contributed by atoms with Crippen LogP contribution in [0, 0.1) is 11.7 Å². The fraction of sp³-hybridized carbons (Fsp3) is 0.360. The summed E-state index contributed by atoms with van der Waals surface area (Å²) >= 11 is 0. The number of aromatic nitrogens is 4. The van der Waals surface area contributed by atoms with Crippen LogP contribution < -0.4 is 20.7 Å². The molecular formula is C25H28BFN8O6. The van der Waals surface area contributed by atoms with Gasteiger partial charge in [-0.05, 0) is 31.9 Å². The molecule has 1 aliphatic carbocycles. The first-order valence-electron chi connectivity index (χ1n) is 12.5. The second kappa shape index (κ2) is 11.5. The van der Waals surface area contributed by atoms with Crippen LogP contribution in [0.25, 0.3) is 11.3 Å². The number of carbonyl (C=O) groups excluding carboxylic acids is 3. The van der Waals surface area contributed by atoms with E-state index in [0.29, 0.717) is 6.54 Å². The minimum absolute atomic E-state index is 0.0141. The third-order valence-electron chi connectivity index (χ3n) is 6.23. The average molecular weight is 566 g/mol. The molecule has 1 saturated carbocycles. The summed E-state index contributed by atoms with van der Waals surface area (Å²) in [6.45, 7) is 2.29. The zero-order valence-corrected chi connectivity index (χ0v) is 22.7. The number of nitrogens with one attached hydrogen (secondary N) is 3. The number of ether oxygens (including phenoxy) is 1. The number of aliphatic hydroxyl groups is 2. The molecule has 1 aromatic carbocycles. The Bertz CT molecular complexity index is 1500. The van der Waals surface area contributed by atoms with E-state index in [-0.39, 0.29) is 57.6 Å². The van der Waals surface area contributed by atoms with E-state index in [1.54, 1.807) is 19.4 Å². The monoisotopic (exact) mass is 566 g/mol. The molecule has 1 fully saturated rings. The Morgan fingerprint density at radius 1 is 1.20 bits per heavy atom. The second-order valence-electron chi connectivity index (χ2n) is 9.45. The molecule has 0 bridgehead atoms. The molecule has 3 aromatic rings. The van der Waals surface area contributed by atoms with Crippen molar-refractivity contribution in [3.05, 3.63) is 41.5 Å². The van der Waals surface area contributed by atoms with Crippen molar-refractivity contribution in [2.24, 2.45) is 13.0 Å². The van der Waals surface area contributed by atoms with Crippen molar-refractivity contribution in [2.75, 3.05) is 31.3 Å². The van der Waals surface area contributed by atoms with Gasteiger partial charge in [0.15, 0.2) is 30.9 Å². The van der Waals surface area contributed by atoms with Crippen LogP contribution in [0.1, 0.15) is 40.7 Å². The van der Waals surface area contributed by atoms with Crippen LogP contribution in [-0.2, 0) is 11.8 Å². The van der Waals surface area contributed by atoms with Crippen LogP contribution in [-0.4, -0.2) is 87.2 Å². The van der Waals surface area contributed by atoms with E-state index in [2.05, 4.69) is 25.9 Å². The van der Waals surface area contributed by atoms with Gasteiger partial charge in [-0.3, -0.25) is 19.1 Å². The number of hydrogen-bond acceptors (Lipinski definition) is 10. The lowest BCUT2D eigenvalue weighted by atomic mass is 10.0. The van der Waals surface area contributed by atoms with E-state index in [4.69, 9.17) is 12.6 Å². The topological polar surface area (TPSA) is 184 Å². The highest BCUT2D eigenvalue weighted by atomic mass is 19.1. The van der Waals surface area contributed by atoms with Crippen molar-refractivity contribution < 1.29 is 33.7 Å². The first-order valence-corrected chi connectivity index (χ1v) is 12.5. The number of halogens is 1. The van der Waals surface area contributed by atoms with Crippen molar-refractivity contribution in [1.29, 1.82) is 0 Å². The maximum absolute atomic E-state index is 15.0. The normalized spacial score (nSPS) is 13.0. The summed E-state index contributed by atoms with van der Waals surface area (Å²) in [5.41, 5.74) is 0.122. The number of methoxy groups -OCH3 is 1. The Labute approximate surface area is 235 Å². The molecule has 0 unspecified atom stereocenters. The Kier molecular flexibility index (Phi) is 8.25. The number of rotatable bonds is 10. The SMILES string of the molecule is [B]C(O)(O)NC(=O)c1nnc(NC(=O)C2CC2)cc1Nc1cc(F)cc(-c2cc(C(=O)N(C)CC)n(C)n2)c1OC. The highest BCUT2D eigenvalue weighted by Gasteiger charge is 2.31. The molecule has 3 amide bonds. The number of carbonyl (C=O) groups is 3. The molecule has 2 aromatic heterocycles. The lowest BCUT2D eigenvalue weighted by Gasteiger charge is -2.20. The Hall–Kier alpha value is -4.57. The maximum atomic E-state index is 15.0. The van der Waals surface area contributed by atoms with Gasteiger partial charge in [0.1, 0.15) is 11.5 Å². The van der Waals surface area contributed by atoms with Gasteiger partial charge in [0.2, 0.25) is 5.91 Å². The van der Waals surface area contributed by atoms with Crippen LogP contribution in [0.5, 0.6) is 5.75 Å². The lowest BCUT2D eigenvalue weighted by Crippen LogP contribution is -2.49. The Morgan fingerprint density at radius 2 is 1.90 bits per heavy atom. The zero-order valence-electron chi connectivity index (χ0n) is 22.7. The number of nitrogens with zero attached hydrogens (tertiary/aromatic N) is 5. The van der Waals surface area contributed by atoms with Gasteiger partial charge in [0, 0.05) is 44.3 Å². The van der Waals surface area contributed by atoms with Gasteiger partial charge in [-0.15, -0.1) is 10.2 Å². The third-order valence-corrected chi connectivity index (χ3v) is 6.23. The molecule has 1 aliphatic rings. The second-order valence-corrected chi connectivity index (χ2v) is 9.45. The molecule has 0 aliphatic heterocycles. The standard InChI is InChI=1S/C25H28BFN8O6/c1-5-34(2)24(38)18-10-15(33-35(18)3)14-8-13(27)9-17(21(14)41-4)28-16-11-19(29-22(36)12-6-7-12)31-32-20(16)23(37)30-25(26,39)40/h8-12,39-40H,5-7H2,1-4H3,(H,30,37)(H2,28,29,31,36). The summed E-state index contributed by atoms with van der Waals surface area (Å²) in [6, 6.07) is 5.01. The summed E-state index contributed by atoms with van der Waals surface area (Å²) in [7, 11) is 9.63. The highest BCUT2D eigenvalue weighted by Crippen LogP contribution is 2.39. The number of anilines is 3. The summed E-state index contributed by atoms with van der Waals surface area (Å²) in [5.74, 6) is -5.58. The molecule has 41 heavy (non-hydrogen) atoms. The van der Waals surface area contributed by atoms with Gasteiger partial charge >= 0.3 is 0 Å². The molecule has 214 valence electrons. The number of amides is 3. The smallest absolute Gasteiger partial charge is 0.277 e. The summed E-state index contributed by atoms with van der Waals surface area (Å²) in [4.78, 5) is 39.2. The summed E-state index contributed by atoms with van der Waals surface area (Å²) in [5, 5.41) is 38.0. The van der Waals surface area contributed by atoms with Crippen LogP contribution in [0.2, 0.25) is 0 Å². The molecule has 2 radical (unpaired) electrons. The maximum Gasteiger partial charge on any atom is 0.277 e. The van der Waals surface area contributed by atoms with Crippen molar-refractivity contribution >= 4 is 42.8 Å². The summed E-state index contributed by atoms with van der Waals surface area (Å²) < 4.78 is 21.9. The van der Waals surface area contributed by atoms with Crippen LogP contribution in [0.3, 0.4) is 0 Å². The first kappa shape index (κ1) is 29.4. The quantitative estimate of drug-likeness (QED) is 0.173. The van der Waals surface area contributed by atoms with Gasteiger partial charge in [0.05, 0.1) is 24.2 Å². The van der Waals surface area contributed by atoms with E-state index in [0.717, 1.165) is 18.9 Å². The lowest BCUT2D eigenvalue weighted by molar-refractivity contribution is -0.117. The molecule has 0 atom stereocenters. The average Bonchev–Trinajstić information content (AvgIpc) is 3.68. The van der Waals surface area contributed by atoms with Gasteiger partial charge in [-0.25, -0.2) is 4.39 Å². The number of aryl methyl sites for hydroxylation is 1. The Balaban J connectivity index is 1.77. The van der Waals surface area contributed by atoms with E-state index in [1.807, 2.05) is 6.92 Å². The van der Waals surface area contributed by atoms with E-state index in [9.17, 15) is 29.0 Å². The molecule has 4 rings (SSSR count). The van der Waals surface area contributed by atoms with E-state index in [1.165, 1.54) is 34.9 Å². The van der Waals surface area contributed by atoms with Crippen LogP contribution >= 0.6 is 0 Å². The fourth-order valence-electron chi connectivity index (χ4n) is 3.90. The highest BCUT2D eigenvalue weighted by molar-refractivity contribution is 6.15. The molecule has 16 heteroatoms. The van der Waals surface area contributed by atoms with E-state index < -0.39 is 23.2 Å². The molecule has 2 heterocycles. The Morgan fingerprint density at radius 3 is 2.51 bits per heavy atom. The van der Waals surface area contributed by atoms with Gasteiger partial charge < -0.3 is 35.8 Å². The largest absolute Gasteiger partial charge is 0.494 e. The zero-order chi connectivity index (χ0) is 30.1. The van der Waals surface area contributed by atoms with Crippen molar-refractivity contribution in [3.63, 3.8) is 0 Å². The van der Waals surface area contributed by atoms with Crippen molar-refractivity contribution in [2.45, 2.75) is 25.6 Å². The predicted molar refractivity (Wildman–Crippen MR) is 145 cm³/mol.